The van der Waals surface area contributed by atoms with E-state index in [1.807, 2.05) is 0 Å². The number of primary amides is 1. The monoisotopic (exact) mass is 382 g/mol. The number of carboxylic acid groups (broad SMARTS) is 1. The quantitative estimate of drug-likeness (QED) is 0.799. The van der Waals surface area contributed by atoms with Gasteiger partial charge in [0.25, 0.3) is 0 Å². The summed E-state index contributed by atoms with van der Waals surface area (Å²) < 4.78 is 26.3. The molecule has 2 heterocycles. The van der Waals surface area contributed by atoms with Crippen LogP contribution in [0.3, 0.4) is 0 Å². The number of carbonyl (C=O) groups is 2. The summed E-state index contributed by atoms with van der Waals surface area (Å²) in [7, 11) is -3.94. The van der Waals surface area contributed by atoms with Gasteiger partial charge in [0.1, 0.15) is 15.8 Å². The van der Waals surface area contributed by atoms with Crippen LogP contribution in [0.4, 0.5) is 0 Å². The molecule has 2 rings (SSSR count). The minimum atomic E-state index is -3.94. The Morgan fingerprint density at radius 3 is 2.65 bits per heavy atom. The predicted octanol–water partition coefficient (Wildman–Crippen LogP) is 0.847. The second kappa shape index (κ2) is 5.43. The molecule has 1 unspecified atom stereocenters. The number of aromatic carboxylic acids is 1. The standard InChI is InChI=1S/C10H11BrN2O5S2/c11-8-7(4-6(19-8)10(15)16)20(17,18)13-3-1-2-5(13)9(12)14/h4-5H,1-3H2,(H2,12,14)(H,15,16). The van der Waals surface area contributed by atoms with Crippen LogP contribution in [0.15, 0.2) is 14.7 Å². The molecule has 1 aromatic heterocycles. The van der Waals surface area contributed by atoms with Crippen LogP contribution in [-0.2, 0) is 14.8 Å². The molecule has 1 amide bonds. The molecule has 7 nitrogen and oxygen atoms in total. The maximum Gasteiger partial charge on any atom is 0.345 e. The molecular weight excluding hydrogens is 372 g/mol. The van der Waals surface area contributed by atoms with Crippen molar-refractivity contribution in [1.29, 1.82) is 0 Å². The highest BCUT2D eigenvalue weighted by atomic mass is 79.9. The molecule has 1 aliphatic rings. The highest BCUT2D eigenvalue weighted by Crippen LogP contribution is 2.35. The van der Waals surface area contributed by atoms with Crippen molar-refractivity contribution in [2.75, 3.05) is 6.54 Å². The summed E-state index contributed by atoms with van der Waals surface area (Å²) in [4.78, 5) is 22.0. The van der Waals surface area contributed by atoms with Crippen LogP contribution in [0.25, 0.3) is 0 Å². The van der Waals surface area contributed by atoms with Crippen LogP contribution in [0, 0.1) is 0 Å². The van der Waals surface area contributed by atoms with E-state index in [4.69, 9.17) is 10.8 Å². The number of hydrogen-bond donors (Lipinski definition) is 2. The molecule has 0 radical (unpaired) electrons. The van der Waals surface area contributed by atoms with Gasteiger partial charge in [0.05, 0.1) is 3.79 Å². The molecule has 1 atom stereocenters. The van der Waals surface area contributed by atoms with E-state index < -0.39 is 27.9 Å². The number of nitrogens with zero attached hydrogens (tertiary/aromatic N) is 1. The Hall–Kier alpha value is -0.970. The third kappa shape index (κ3) is 2.60. The highest BCUT2D eigenvalue weighted by molar-refractivity contribution is 9.11. The van der Waals surface area contributed by atoms with Crippen LogP contribution >= 0.6 is 27.3 Å². The van der Waals surface area contributed by atoms with Gasteiger partial charge in [-0.25, -0.2) is 13.2 Å². The summed E-state index contributed by atoms with van der Waals surface area (Å²) in [5.41, 5.74) is 5.21. The zero-order chi connectivity index (χ0) is 15.1. The van der Waals surface area contributed by atoms with Gasteiger partial charge in [0.2, 0.25) is 15.9 Å². The van der Waals surface area contributed by atoms with Gasteiger partial charge in [-0.05, 0) is 34.8 Å². The first-order chi connectivity index (χ1) is 9.25. The average molecular weight is 383 g/mol. The molecule has 110 valence electrons. The topological polar surface area (TPSA) is 118 Å². The van der Waals surface area contributed by atoms with E-state index in [9.17, 15) is 18.0 Å². The summed E-state index contributed by atoms with van der Waals surface area (Å²) in [5, 5.41) is 8.90. The van der Waals surface area contributed by atoms with Crippen molar-refractivity contribution in [3.05, 3.63) is 14.7 Å². The smallest absolute Gasteiger partial charge is 0.345 e. The summed E-state index contributed by atoms with van der Waals surface area (Å²) in [6, 6.07) is 0.211. The number of halogens is 1. The van der Waals surface area contributed by atoms with Gasteiger partial charge in [-0.2, -0.15) is 4.31 Å². The molecular formula is C10H11BrN2O5S2. The number of thiophene rings is 1. The van der Waals surface area contributed by atoms with E-state index in [1.54, 1.807) is 0 Å². The first kappa shape index (κ1) is 15.4. The van der Waals surface area contributed by atoms with E-state index in [-0.39, 0.29) is 20.1 Å². The number of hydrogen-bond acceptors (Lipinski definition) is 5. The summed E-state index contributed by atoms with van der Waals surface area (Å²) in [6.07, 6.45) is 0.919. The SMILES string of the molecule is NC(=O)C1CCCN1S(=O)(=O)c1cc(C(=O)O)sc1Br. The van der Waals surface area contributed by atoms with Crippen molar-refractivity contribution in [3.8, 4) is 0 Å². The maximum absolute atomic E-state index is 12.5. The fourth-order valence-electron chi connectivity index (χ4n) is 2.07. The van der Waals surface area contributed by atoms with Crippen molar-refractivity contribution in [1.82, 2.24) is 4.31 Å². The van der Waals surface area contributed by atoms with Gasteiger partial charge in [-0.3, -0.25) is 4.79 Å². The molecule has 0 aromatic carbocycles. The largest absolute Gasteiger partial charge is 0.477 e. The lowest BCUT2D eigenvalue weighted by molar-refractivity contribution is -0.121. The van der Waals surface area contributed by atoms with Gasteiger partial charge < -0.3 is 10.8 Å². The zero-order valence-corrected chi connectivity index (χ0v) is 13.3. The minimum absolute atomic E-state index is 0.0923. The van der Waals surface area contributed by atoms with Crippen molar-refractivity contribution in [2.24, 2.45) is 5.73 Å². The number of carbonyl (C=O) groups excluding carboxylic acids is 1. The van der Waals surface area contributed by atoms with Crippen LogP contribution < -0.4 is 5.73 Å². The minimum Gasteiger partial charge on any atom is -0.477 e. The fourth-order valence-corrected chi connectivity index (χ4v) is 6.09. The number of amides is 1. The van der Waals surface area contributed by atoms with Crippen LogP contribution in [0.2, 0.25) is 0 Å². The first-order valence-corrected chi connectivity index (χ1v) is 8.64. The molecule has 1 fully saturated rings. The van der Waals surface area contributed by atoms with E-state index in [0.29, 0.717) is 12.8 Å². The molecule has 0 spiro atoms. The molecule has 10 heteroatoms. The lowest BCUT2D eigenvalue weighted by Crippen LogP contribution is -2.43. The normalized spacial score (nSPS) is 20.1. The Balaban J connectivity index is 2.45. The van der Waals surface area contributed by atoms with Crippen LogP contribution in [0.5, 0.6) is 0 Å². The molecule has 0 bridgehead atoms. The van der Waals surface area contributed by atoms with Gasteiger partial charge in [0.15, 0.2) is 0 Å². The van der Waals surface area contributed by atoms with E-state index in [0.717, 1.165) is 21.7 Å². The van der Waals surface area contributed by atoms with Gasteiger partial charge in [0, 0.05) is 6.54 Å². The average Bonchev–Trinajstić information content (AvgIpc) is 2.94. The summed E-state index contributed by atoms with van der Waals surface area (Å²) >= 11 is 3.87. The molecule has 20 heavy (non-hydrogen) atoms. The van der Waals surface area contributed by atoms with Gasteiger partial charge in [-0.1, -0.05) is 0 Å². The lowest BCUT2D eigenvalue weighted by Gasteiger charge is -2.21. The Labute approximate surface area is 127 Å². The third-order valence-corrected chi connectivity index (χ3v) is 7.13. The highest BCUT2D eigenvalue weighted by Gasteiger charge is 2.40. The maximum atomic E-state index is 12.5. The van der Waals surface area contributed by atoms with Crippen molar-refractivity contribution < 1.29 is 23.1 Å². The van der Waals surface area contributed by atoms with Crippen LogP contribution in [-0.4, -0.2) is 42.3 Å². The summed E-state index contributed by atoms with van der Waals surface area (Å²) in [6.45, 7) is 0.195. The van der Waals surface area contributed by atoms with E-state index in [2.05, 4.69) is 15.9 Å². The third-order valence-electron chi connectivity index (χ3n) is 2.99. The molecule has 1 aliphatic heterocycles. The fraction of sp³-hybridized carbons (Fsp3) is 0.400. The number of carboxylic acids is 1. The zero-order valence-electron chi connectivity index (χ0n) is 10.1. The van der Waals surface area contributed by atoms with Crippen molar-refractivity contribution in [2.45, 2.75) is 23.8 Å². The van der Waals surface area contributed by atoms with Crippen molar-refractivity contribution >= 4 is 49.2 Å². The molecule has 1 saturated heterocycles. The summed E-state index contributed by atoms with van der Waals surface area (Å²) in [5.74, 6) is -1.90. The van der Waals surface area contributed by atoms with E-state index >= 15 is 0 Å². The Bertz CT molecular complexity index is 669. The number of sulfonamides is 1. The Morgan fingerprint density at radius 2 is 2.15 bits per heavy atom. The number of rotatable bonds is 4. The van der Waals surface area contributed by atoms with Crippen LogP contribution in [0.1, 0.15) is 22.5 Å². The second-order valence-electron chi connectivity index (χ2n) is 4.23. The van der Waals surface area contributed by atoms with Crippen molar-refractivity contribution in [3.63, 3.8) is 0 Å². The molecule has 1 aromatic rings. The molecule has 3 N–H and O–H groups in total. The predicted molar refractivity (Wildman–Crippen MR) is 75.1 cm³/mol. The van der Waals surface area contributed by atoms with Gasteiger partial charge >= 0.3 is 5.97 Å². The van der Waals surface area contributed by atoms with E-state index in [1.165, 1.54) is 0 Å². The number of nitrogens with two attached hydrogens (primary N) is 1. The Morgan fingerprint density at radius 1 is 1.50 bits per heavy atom. The molecule has 0 aliphatic carbocycles. The second-order valence-corrected chi connectivity index (χ2v) is 8.46. The lowest BCUT2D eigenvalue weighted by atomic mass is 10.2. The van der Waals surface area contributed by atoms with Gasteiger partial charge in [-0.15, -0.1) is 11.3 Å². The Kier molecular flexibility index (Phi) is 4.19. The first-order valence-electron chi connectivity index (χ1n) is 5.59. The molecule has 0 saturated carbocycles.